The van der Waals surface area contributed by atoms with Gasteiger partial charge < -0.3 is 4.74 Å². The molecule has 20 heavy (non-hydrogen) atoms. The summed E-state index contributed by atoms with van der Waals surface area (Å²) in [5.74, 6) is 0.806. The van der Waals surface area contributed by atoms with E-state index in [4.69, 9.17) is 10.3 Å². The molecule has 0 saturated heterocycles. The lowest BCUT2D eigenvalue weighted by atomic mass is 9.98. The number of nitrogens with zero attached hydrogens (tertiary/aromatic N) is 4. The fraction of sp³-hybridized carbons (Fsp3) is 0.500. The molecule has 0 amide bonds. The van der Waals surface area contributed by atoms with Gasteiger partial charge >= 0.3 is 0 Å². The van der Waals surface area contributed by atoms with Gasteiger partial charge in [0.15, 0.2) is 0 Å². The molecular weight excluding hydrogens is 254 g/mol. The Hall–Kier alpha value is -2.22. The Labute approximate surface area is 118 Å². The molecule has 0 aromatic heterocycles. The van der Waals surface area contributed by atoms with Crippen LogP contribution < -0.4 is 10.1 Å². The van der Waals surface area contributed by atoms with Gasteiger partial charge in [-0.05, 0) is 24.9 Å². The monoisotopic (exact) mass is 271 g/mol. The molecule has 1 heterocycles. The van der Waals surface area contributed by atoms with Gasteiger partial charge in [0.2, 0.25) is 0 Å². The number of fused-ring (bicyclic) bond motifs is 1. The van der Waals surface area contributed by atoms with Crippen molar-refractivity contribution in [2.24, 2.45) is 5.11 Å². The van der Waals surface area contributed by atoms with Crippen molar-refractivity contribution in [2.45, 2.75) is 31.9 Å². The molecule has 2 rings (SSSR count). The highest BCUT2D eigenvalue weighted by molar-refractivity contribution is 5.48. The standard InChI is InChI=1S/C14H17N5O/c1-14(2)8-10-4-3-5-11(13(10)20-14)12(9-15)17-6-7-18-19-16/h3-5,12,17H,6-8H2,1-2H3. The van der Waals surface area contributed by atoms with E-state index in [1.807, 2.05) is 32.0 Å². The predicted molar refractivity (Wildman–Crippen MR) is 75.2 cm³/mol. The van der Waals surface area contributed by atoms with Gasteiger partial charge in [-0.15, -0.1) is 0 Å². The van der Waals surface area contributed by atoms with Gasteiger partial charge in [0.25, 0.3) is 0 Å². The molecule has 0 bridgehead atoms. The quantitative estimate of drug-likeness (QED) is 0.386. The zero-order chi connectivity index (χ0) is 14.6. The molecule has 0 spiro atoms. The number of hydrogen-bond donors (Lipinski definition) is 1. The van der Waals surface area contributed by atoms with Gasteiger partial charge in [-0.2, -0.15) is 5.26 Å². The summed E-state index contributed by atoms with van der Waals surface area (Å²) in [6.45, 7) is 4.84. The normalized spacial score (nSPS) is 16.4. The molecule has 1 unspecified atom stereocenters. The Balaban J connectivity index is 2.18. The van der Waals surface area contributed by atoms with Crippen molar-refractivity contribution in [2.75, 3.05) is 13.1 Å². The molecule has 0 radical (unpaired) electrons. The van der Waals surface area contributed by atoms with Gasteiger partial charge in [-0.25, -0.2) is 0 Å². The second-order valence-corrected chi connectivity index (χ2v) is 5.34. The van der Waals surface area contributed by atoms with Crippen LogP contribution in [0.5, 0.6) is 5.75 Å². The van der Waals surface area contributed by atoms with Gasteiger partial charge in [0.1, 0.15) is 17.4 Å². The first-order valence-electron chi connectivity index (χ1n) is 6.52. The summed E-state index contributed by atoms with van der Waals surface area (Å²) in [7, 11) is 0. The Morgan fingerprint density at radius 1 is 1.60 bits per heavy atom. The van der Waals surface area contributed by atoms with E-state index >= 15 is 0 Å². The maximum atomic E-state index is 9.33. The smallest absolute Gasteiger partial charge is 0.129 e. The van der Waals surface area contributed by atoms with Crippen molar-refractivity contribution in [3.05, 3.63) is 39.8 Å². The number of nitrogens with one attached hydrogen (secondary N) is 1. The number of nitriles is 1. The number of hydrogen-bond acceptors (Lipinski definition) is 4. The third-order valence-electron chi connectivity index (χ3n) is 3.19. The van der Waals surface area contributed by atoms with Gasteiger partial charge in [0.05, 0.1) is 6.07 Å². The number of azide groups is 1. The van der Waals surface area contributed by atoms with E-state index in [-0.39, 0.29) is 5.60 Å². The maximum Gasteiger partial charge on any atom is 0.129 e. The fourth-order valence-electron chi connectivity index (χ4n) is 2.40. The molecule has 1 aliphatic rings. The summed E-state index contributed by atoms with van der Waals surface area (Å²) in [6.07, 6.45) is 0.840. The highest BCUT2D eigenvalue weighted by Crippen LogP contribution is 2.39. The first kappa shape index (κ1) is 14.2. The van der Waals surface area contributed by atoms with Crippen LogP contribution in [0.1, 0.15) is 31.0 Å². The minimum Gasteiger partial charge on any atom is -0.487 e. The van der Waals surface area contributed by atoms with Crippen LogP contribution in [0.25, 0.3) is 10.4 Å². The Morgan fingerprint density at radius 2 is 2.40 bits per heavy atom. The molecular formula is C14H17N5O. The van der Waals surface area contributed by atoms with E-state index < -0.39 is 6.04 Å². The summed E-state index contributed by atoms with van der Waals surface area (Å²) in [5, 5.41) is 15.8. The molecule has 1 atom stereocenters. The van der Waals surface area contributed by atoms with Crippen LogP contribution in [0, 0.1) is 11.3 Å². The van der Waals surface area contributed by atoms with Gasteiger partial charge in [-0.3, -0.25) is 5.32 Å². The number of para-hydroxylation sites is 1. The minimum atomic E-state index is -0.465. The van der Waals surface area contributed by atoms with Crippen molar-refractivity contribution < 1.29 is 4.74 Å². The maximum absolute atomic E-state index is 9.33. The van der Waals surface area contributed by atoms with E-state index in [0.29, 0.717) is 13.1 Å². The number of benzene rings is 1. The van der Waals surface area contributed by atoms with Crippen molar-refractivity contribution >= 4 is 0 Å². The Kier molecular flexibility index (Phi) is 4.14. The Morgan fingerprint density at radius 3 is 3.10 bits per heavy atom. The fourth-order valence-corrected chi connectivity index (χ4v) is 2.40. The largest absolute Gasteiger partial charge is 0.487 e. The second kappa shape index (κ2) is 5.83. The molecule has 0 aliphatic carbocycles. The molecule has 1 N–H and O–H groups in total. The van der Waals surface area contributed by atoms with E-state index in [0.717, 1.165) is 23.3 Å². The van der Waals surface area contributed by atoms with Crippen molar-refractivity contribution in [3.8, 4) is 11.8 Å². The van der Waals surface area contributed by atoms with E-state index in [1.165, 1.54) is 0 Å². The number of rotatable bonds is 5. The van der Waals surface area contributed by atoms with Crippen molar-refractivity contribution in [3.63, 3.8) is 0 Å². The minimum absolute atomic E-state index is 0.233. The highest BCUT2D eigenvalue weighted by atomic mass is 16.5. The second-order valence-electron chi connectivity index (χ2n) is 5.34. The average Bonchev–Trinajstić information content (AvgIpc) is 2.73. The van der Waals surface area contributed by atoms with Crippen LogP contribution in [0.3, 0.4) is 0 Å². The first-order chi connectivity index (χ1) is 9.57. The Bertz CT molecular complexity index is 584. The summed E-state index contributed by atoms with van der Waals surface area (Å²) in [4.78, 5) is 2.69. The molecule has 6 heteroatoms. The SMILES string of the molecule is CC1(C)Cc2cccc(C(C#N)NCCN=[N+]=[N-])c2O1. The topological polar surface area (TPSA) is 93.8 Å². The lowest BCUT2D eigenvalue weighted by Gasteiger charge is -2.19. The summed E-state index contributed by atoms with van der Waals surface area (Å²) >= 11 is 0. The predicted octanol–water partition coefficient (Wildman–Crippen LogP) is 2.86. The van der Waals surface area contributed by atoms with Crippen LogP contribution in [0.4, 0.5) is 0 Å². The van der Waals surface area contributed by atoms with Crippen molar-refractivity contribution in [1.82, 2.24) is 5.32 Å². The molecule has 0 saturated carbocycles. The van der Waals surface area contributed by atoms with Gasteiger partial charge in [-0.1, -0.05) is 23.3 Å². The lowest BCUT2D eigenvalue weighted by molar-refractivity contribution is 0.137. The molecule has 1 aliphatic heterocycles. The third kappa shape index (κ3) is 3.02. The molecule has 0 fully saturated rings. The summed E-state index contributed by atoms with van der Waals surface area (Å²) in [6, 6.07) is 7.63. The zero-order valence-corrected chi connectivity index (χ0v) is 11.6. The average molecular weight is 271 g/mol. The van der Waals surface area contributed by atoms with Crippen LogP contribution >= 0.6 is 0 Å². The van der Waals surface area contributed by atoms with E-state index in [9.17, 15) is 5.26 Å². The summed E-state index contributed by atoms with van der Waals surface area (Å²) in [5.41, 5.74) is 9.98. The summed E-state index contributed by atoms with van der Waals surface area (Å²) < 4.78 is 5.96. The zero-order valence-electron chi connectivity index (χ0n) is 11.6. The molecule has 104 valence electrons. The van der Waals surface area contributed by atoms with Crippen LogP contribution in [-0.2, 0) is 6.42 Å². The third-order valence-corrected chi connectivity index (χ3v) is 3.19. The van der Waals surface area contributed by atoms with Crippen LogP contribution in [-0.4, -0.2) is 18.7 Å². The van der Waals surface area contributed by atoms with Crippen LogP contribution in [0.15, 0.2) is 23.3 Å². The first-order valence-corrected chi connectivity index (χ1v) is 6.52. The molecule has 1 aromatic carbocycles. The van der Waals surface area contributed by atoms with E-state index in [2.05, 4.69) is 21.4 Å². The molecule has 6 nitrogen and oxygen atoms in total. The van der Waals surface area contributed by atoms with Crippen molar-refractivity contribution in [1.29, 1.82) is 5.26 Å². The van der Waals surface area contributed by atoms with E-state index in [1.54, 1.807) is 0 Å². The number of ether oxygens (including phenoxy) is 1. The molecule has 1 aromatic rings. The highest BCUT2D eigenvalue weighted by Gasteiger charge is 2.33. The van der Waals surface area contributed by atoms with Gasteiger partial charge in [0, 0.05) is 30.0 Å². The lowest BCUT2D eigenvalue weighted by Crippen LogP contribution is -2.26. The van der Waals surface area contributed by atoms with Crippen LogP contribution in [0.2, 0.25) is 0 Å².